The fourth-order valence-electron chi connectivity index (χ4n) is 2.60. The molecule has 2 rings (SSSR count). The first kappa shape index (κ1) is 17.0. The van der Waals surface area contributed by atoms with Crippen molar-refractivity contribution in [2.75, 3.05) is 37.7 Å². The summed E-state index contributed by atoms with van der Waals surface area (Å²) in [5.74, 6) is -0.582. The molecule has 5 nitrogen and oxygen atoms in total. The summed E-state index contributed by atoms with van der Waals surface area (Å²) in [6.45, 7) is 7.75. The van der Waals surface area contributed by atoms with E-state index in [9.17, 15) is 9.18 Å². The molecule has 0 bridgehead atoms. The summed E-state index contributed by atoms with van der Waals surface area (Å²) in [4.78, 5) is 15.9. The average Bonchev–Trinajstić information content (AvgIpc) is 2.59. The van der Waals surface area contributed by atoms with Gasteiger partial charge in [0.15, 0.2) is 0 Å². The van der Waals surface area contributed by atoms with E-state index >= 15 is 0 Å². The monoisotopic (exact) mass is 317 g/mol. The first-order chi connectivity index (χ1) is 11.1. The van der Waals surface area contributed by atoms with E-state index in [1.54, 1.807) is 30.0 Å². The van der Waals surface area contributed by atoms with Gasteiger partial charge in [-0.2, -0.15) is 5.26 Å². The SMILES string of the molecule is C=CCOC(C)C(=O)N1CCN(c2cccc(F)c2C#N)CC1. The van der Waals surface area contributed by atoms with Crippen LogP contribution in [0.25, 0.3) is 0 Å². The van der Waals surface area contributed by atoms with Gasteiger partial charge in [-0.05, 0) is 19.1 Å². The molecule has 0 aromatic heterocycles. The molecule has 1 heterocycles. The lowest BCUT2D eigenvalue weighted by atomic mass is 10.1. The number of nitrogens with zero attached hydrogens (tertiary/aromatic N) is 3. The Labute approximate surface area is 135 Å². The van der Waals surface area contributed by atoms with Crippen LogP contribution < -0.4 is 4.90 Å². The highest BCUT2D eigenvalue weighted by molar-refractivity contribution is 5.81. The van der Waals surface area contributed by atoms with Crippen LogP contribution in [0.3, 0.4) is 0 Å². The molecule has 6 heteroatoms. The van der Waals surface area contributed by atoms with Crippen LogP contribution in [-0.2, 0) is 9.53 Å². The third-order valence-electron chi connectivity index (χ3n) is 3.85. The van der Waals surface area contributed by atoms with E-state index in [-0.39, 0.29) is 11.5 Å². The van der Waals surface area contributed by atoms with Crippen LogP contribution >= 0.6 is 0 Å². The van der Waals surface area contributed by atoms with Crippen molar-refractivity contribution < 1.29 is 13.9 Å². The van der Waals surface area contributed by atoms with Gasteiger partial charge in [-0.1, -0.05) is 12.1 Å². The van der Waals surface area contributed by atoms with Crippen molar-refractivity contribution in [3.05, 3.63) is 42.2 Å². The topological polar surface area (TPSA) is 56.6 Å². The van der Waals surface area contributed by atoms with Crippen molar-refractivity contribution >= 4 is 11.6 Å². The molecule has 1 atom stereocenters. The van der Waals surface area contributed by atoms with Crippen LogP contribution in [0.5, 0.6) is 0 Å². The summed E-state index contributed by atoms with van der Waals surface area (Å²) >= 11 is 0. The van der Waals surface area contributed by atoms with Gasteiger partial charge in [-0.25, -0.2) is 4.39 Å². The van der Waals surface area contributed by atoms with Crippen molar-refractivity contribution in [1.29, 1.82) is 5.26 Å². The number of carbonyl (C=O) groups is 1. The summed E-state index contributed by atoms with van der Waals surface area (Å²) in [6, 6.07) is 6.51. The van der Waals surface area contributed by atoms with E-state index in [1.807, 2.05) is 11.0 Å². The highest BCUT2D eigenvalue weighted by atomic mass is 19.1. The zero-order chi connectivity index (χ0) is 16.8. The molecule has 0 N–H and O–H groups in total. The van der Waals surface area contributed by atoms with E-state index in [2.05, 4.69) is 6.58 Å². The van der Waals surface area contributed by atoms with Gasteiger partial charge in [0, 0.05) is 26.2 Å². The van der Waals surface area contributed by atoms with Crippen LogP contribution in [0.1, 0.15) is 12.5 Å². The minimum absolute atomic E-state index is 0.0509. The Hall–Kier alpha value is -2.39. The van der Waals surface area contributed by atoms with Crippen molar-refractivity contribution in [2.24, 2.45) is 0 Å². The van der Waals surface area contributed by atoms with Crippen LogP contribution in [0.2, 0.25) is 0 Å². The standard InChI is InChI=1S/C17H20FN3O2/c1-3-11-23-13(2)17(22)21-9-7-20(8-10-21)16-6-4-5-15(18)14(16)12-19/h3-6,13H,1,7-11H2,2H3. The predicted molar refractivity (Wildman–Crippen MR) is 85.5 cm³/mol. The molecule has 1 saturated heterocycles. The maximum atomic E-state index is 13.7. The number of piperazine rings is 1. The lowest BCUT2D eigenvalue weighted by Gasteiger charge is -2.37. The van der Waals surface area contributed by atoms with Gasteiger partial charge < -0.3 is 14.5 Å². The van der Waals surface area contributed by atoms with Gasteiger partial charge in [0.1, 0.15) is 23.6 Å². The normalized spacial score (nSPS) is 15.9. The van der Waals surface area contributed by atoms with Gasteiger partial charge in [0.05, 0.1) is 12.3 Å². The number of hydrogen-bond donors (Lipinski definition) is 0. The van der Waals surface area contributed by atoms with E-state index in [0.29, 0.717) is 38.5 Å². The van der Waals surface area contributed by atoms with Crippen LogP contribution in [-0.4, -0.2) is 49.7 Å². The lowest BCUT2D eigenvalue weighted by Crippen LogP contribution is -2.51. The second-order valence-electron chi connectivity index (χ2n) is 5.32. The second kappa shape index (κ2) is 7.75. The molecule has 1 unspecified atom stereocenters. The third kappa shape index (κ3) is 3.88. The zero-order valence-corrected chi connectivity index (χ0v) is 13.2. The highest BCUT2D eigenvalue weighted by Crippen LogP contribution is 2.23. The molecule has 1 amide bonds. The zero-order valence-electron chi connectivity index (χ0n) is 13.2. The number of nitriles is 1. The van der Waals surface area contributed by atoms with Gasteiger partial charge in [-0.3, -0.25) is 4.79 Å². The number of halogens is 1. The molecule has 1 aliphatic rings. The van der Waals surface area contributed by atoms with Gasteiger partial charge in [0.25, 0.3) is 5.91 Å². The lowest BCUT2D eigenvalue weighted by molar-refractivity contribution is -0.142. The summed E-state index contributed by atoms with van der Waals surface area (Å²) < 4.78 is 19.1. The van der Waals surface area contributed by atoms with Crippen LogP contribution in [0, 0.1) is 17.1 Å². The van der Waals surface area contributed by atoms with Crippen molar-refractivity contribution in [3.8, 4) is 6.07 Å². The van der Waals surface area contributed by atoms with Crippen LogP contribution in [0.4, 0.5) is 10.1 Å². The first-order valence-electron chi connectivity index (χ1n) is 7.53. The van der Waals surface area contributed by atoms with Crippen molar-refractivity contribution in [2.45, 2.75) is 13.0 Å². The van der Waals surface area contributed by atoms with Gasteiger partial charge in [-0.15, -0.1) is 6.58 Å². The van der Waals surface area contributed by atoms with Crippen molar-refractivity contribution in [3.63, 3.8) is 0 Å². The van der Waals surface area contributed by atoms with E-state index < -0.39 is 11.9 Å². The summed E-state index contributed by atoms with van der Waals surface area (Å²) in [6.07, 6.45) is 1.10. The smallest absolute Gasteiger partial charge is 0.251 e. The predicted octanol–water partition coefficient (Wildman–Crippen LogP) is 1.94. The maximum absolute atomic E-state index is 13.7. The number of benzene rings is 1. The number of anilines is 1. The molecule has 0 aliphatic carbocycles. The molecule has 1 fully saturated rings. The van der Waals surface area contributed by atoms with E-state index in [4.69, 9.17) is 10.00 Å². The fourth-order valence-corrected chi connectivity index (χ4v) is 2.60. The minimum atomic E-state index is -0.519. The third-order valence-corrected chi connectivity index (χ3v) is 3.85. The summed E-state index contributed by atoms with van der Waals surface area (Å²) in [5, 5.41) is 9.12. The van der Waals surface area contributed by atoms with Gasteiger partial charge >= 0.3 is 0 Å². The molecule has 0 radical (unpaired) electrons. The Morgan fingerprint density at radius 1 is 1.48 bits per heavy atom. The summed E-state index contributed by atoms with van der Waals surface area (Å²) in [5.41, 5.74) is 0.630. The molecular weight excluding hydrogens is 297 g/mol. The molecule has 1 aromatic carbocycles. The largest absolute Gasteiger partial charge is 0.367 e. The highest BCUT2D eigenvalue weighted by Gasteiger charge is 2.26. The fraction of sp³-hybridized carbons (Fsp3) is 0.412. The average molecular weight is 317 g/mol. The van der Waals surface area contributed by atoms with E-state index in [0.717, 1.165) is 0 Å². The number of amides is 1. The Bertz CT molecular complexity index is 619. The minimum Gasteiger partial charge on any atom is -0.367 e. The number of hydrogen-bond acceptors (Lipinski definition) is 4. The molecule has 0 spiro atoms. The molecule has 1 aliphatic heterocycles. The molecule has 122 valence electrons. The second-order valence-corrected chi connectivity index (χ2v) is 5.32. The van der Waals surface area contributed by atoms with Gasteiger partial charge in [0.2, 0.25) is 0 Å². The Balaban J connectivity index is 1.99. The Kier molecular flexibility index (Phi) is 5.72. The molecule has 1 aromatic rings. The first-order valence-corrected chi connectivity index (χ1v) is 7.53. The van der Waals surface area contributed by atoms with Crippen molar-refractivity contribution in [1.82, 2.24) is 4.90 Å². The number of carbonyl (C=O) groups excluding carboxylic acids is 1. The molecule has 23 heavy (non-hydrogen) atoms. The quantitative estimate of drug-likeness (QED) is 0.779. The Morgan fingerprint density at radius 2 is 2.17 bits per heavy atom. The maximum Gasteiger partial charge on any atom is 0.251 e. The number of ether oxygens (including phenoxy) is 1. The Morgan fingerprint density at radius 3 is 2.78 bits per heavy atom. The summed E-state index contributed by atoms with van der Waals surface area (Å²) in [7, 11) is 0. The molecular formula is C17H20FN3O2. The molecule has 0 saturated carbocycles. The van der Waals surface area contributed by atoms with E-state index in [1.165, 1.54) is 6.07 Å². The number of rotatable bonds is 5. The van der Waals surface area contributed by atoms with Crippen LogP contribution in [0.15, 0.2) is 30.9 Å².